The van der Waals surface area contributed by atoms with Crippen LogP contribution in [0.5, 0.6) is 0 Å². The minimum Gasteiger partial charge on any atom is -0.469 e. The maximum absolute atomic E-state index is 10.9. The van der Waals surface area contributed by atoms with Crippen molar-refractivity contribution in [2.24, 2.45) is 0 Å². The van der Waals surface area contributed by atoms with Gasteiger partial charge >= 0.3 is 11.9 Å². The number of rotatable bonds is 15. The Kier molecular flexibility index (Phi) is 16.1. The second-order valence-electron chi connectivity index (χ2n) is 5.90. The monoisotopic (exact) mass is 326 g/mol. The van der Waals surface area contributed by atoms with E-state index in [2.05, 4.69) is 16.9 Å². The van der Waals surface area contributed by atoms with Gasteiger partial charge in [-0.15, -0.1) is 0 Å². The molecule has 0 amide bonds. The average molecular weight is 326 g/mol. The minimum atomic E-state index is -0.184. The summed E-state index contributed by atoms with van der Waals surface area (Å²) < 4.78 is 9.50. The lowest BCUT2D eigenvalue weighted by atomic mass is 10.1. The number of ether oxygens (including phenoxy) is 2. The van der Waals surface area contributed by atoms with Gasteiger partial charge < -0.3 is 9.47 Å². The largest absolute Gasteiger partial charge is 0.469 e. The van der Waals surface area contributed by atoms with E-state index in [-0.39, 0.29) is 11.9 Å². The summed E-state index contributed by atoms with van der Waals surface area (Å²) >= 11 is 0. The van der Waals surface area contributed by atoms with Crippen LogP contribution in [0.4, 0.5) is 0 Å². The molecule has 0 spiro atoms. The summed E-state index contributed by atoms with van der Waals surface area (Å²) in [7, 11) is 1.44. The summed E-state index contributed by atoms with van der Waals surface area (Å²) in [5.74, 6) is -0.282. The smallest absolute Gasteiger partial charge is 0.305 e. The van der Waals surface area contributed by atoms with Crippen LogP contribution >= 0.6 is 0 Å². The fourth-order valence-electron chi connectivity index (χ4n) is 2.33. The lowest BCUT2D eigenvalue weighted by Gasteiger charge is -2.01. The van der Waals surface area contributed by atoms with Crippen LogP contribution in [0.2, 0.25) is 0 Å². The van der Waals surface area contributed by atoms with E-state index in [1.54, 1.807) is 0 Å². The lowest BCUT2D eigenvalue weighted by Crippen LogP contribution is -1.99. The summed E-state index contributed by atoms with van der Waals surface area (Å²) in [5, 5.41) is 0. The van der Waals surface area contributed by atoms with E-state index in [1.165, 1.54) is 46.1 Å². The van der Waals surface area contributed by atoms with Gasteiger partial charge in [-0.3, -0.25) is 9.59 Å². The highest BCUT2D eigenvalue weighted by Gasteiger charge is 1.98. The van der Waals surface area contributed by atoms with Gasteiger partial charge in [-0.05, 0) is 38.5 Å². The van der Waals surface area contributed by atoms with Crippen molar-refractivity contribution in [2.45, 2.75) is 84.0 Å². The molecular weight excluding hydrogens is 292 g/mol. The van der Waals surface area contributed by atoms with Crippen molar-refractivity contribution in [1.82, 2.24) is 0 Å². The molecule has 134 valence electrons. The summed E-state index contributed by atoms with van der Waals surface area (Å²) in [6.07, 6.45) is 17.7. The van der Waals surface area contributed by atoms with Crippen LogP contribution in [0, 0.1) is 0 Å². The third-order valence-electron chi connectivity index (χ3n) is 3.72. The van der Waals surface area contributed by atoms with Gasteiger partial charge in [0.25, 0.3) is 0 Å². The number of esters is 2. The SMILES string of the molecule is COC(=O)CCCCCCCC=CCCCCCCOC(C)=O. The van der Waals surface area contributed by atoms with E-state index < -0.39 is 0 Å². The molecule has 0 fully saturated rings. The molecule has 4 nitrogen and oxygen atoms in total. The van der Waals surface area contributed by atoms with Crippen LogP contribution < -0.4 is 0 Å². The van der Waals surface area contributed by atoms with Gasteiger partial charge in [-0.2, -0.15) is 0 Å². The van der Waals surface area contributed by atoms with Crippen molar-refractivity contribution in [2.75, 3.05) is 13.7 Å². The van der Waals surface area contributed by atoms with Crippen LogP contribution in [0.3, 0.4) is 0 Å². The predicted molar refractivity (Wildman–Crippen MR) is 93.2 cm³/mol. The number of hydrogen-bond acceptors (Lipinski definition) is 4. The molecule has 0 aromatic carbocycles. The van der Waals surface area contributed by atoms with E-state index >= 15 is 0 Å². The Balaban J connectivity index is 3.14. The van der Waals surface area contributed by atoms with Gasteiger partial charge in [-0.25, -0.2) is 0 Å². The number of hydrogen-bond donors (Lipinski definition) is 0. The Morgan fingerprint density at radius 1 is 0.783 bits per heavy atom. The van der Waals surface area contributed by atoms with Crippen molar-refractivity contribution >= 4 is 11.9 Å². The van der Waals surface area contributed by atoms with Gasteiger partial charge in [-0.1, -0.05) is 44.3 Å². The molecular formula is C19H34O4. The van der Waals surface area contributed by atoms with E-state index in [9.17, 15) is 9.59 Å². The first-order valence-electron chi connectivity index (χ1n) is 9.02. The van der Waals surface area contributed by atoms with Gasteiger partial charge in [0, 0.05) is 13.3 Å². The molecule has 0 unspecified atom stereocenters. The third kappa shape index (κ3) is 18.6. The zero-order valence-corrected chi connectivity index (χ0v) is 15.0. The van der Waals surface area contributed by atoms with E-state index in [0.29, 0.717) is 13.0 Å². The molecule has 0 aromatic heterocycles. The predicted octanol–water partition coefficient (Wildman–Crippen LogP) is 4.96. The maximum Gasteiger partial charge on any atom is 0.305 e. The van der Waals surface area contributed by atoms with Crippen molar-refractivity contribution in [1.29, 1.82) is 0 Å². The zero-order valence-electron chi connectivity index (χ0n) is 15.0. The van der Waals surface area contributed by atoms with Crippen LogP contribution in [-0.4, -0.2) is 25.7 Å². The van der Waals surface area contributed by atoms with Gasteiger partial charge in [0.1, 0.15) is 0 Å². The molecule has 0 radical (unpaired) electrons. The number of carbonyl (C=O) groups is 2. The molecule has 0 bridgehead atoms. The average Bonchev–Trinajstić information content (AvgIpc) is 2.53. The molecule has 0 aliphatic heterocycles. The number of methoxy groups -OCH3 is 1. The van der Waals surface area contributed by atoms with E-state index in [0.717, 1.165) is 38.5 Å². The lowest BCUT2D eigenvalue weighted by molar-refractivity contribution is -0.141. The van der Waals surface area contributed by atoms with Crippen LogP contribution in [-0.2, 0) is 19.1 Å². The first-order chi connectivity index (χ1) is 11.2. The highest BCUT2D eigenvalue weighted by atomic mass is 16.5. The Labute approximate surface area is 141 Å². The van der Waals surface area contributed by atoms with Crippen molar-refractivity contribution < 1.29 is 19.1 Å². The van der Waals surface area contributed by atoms with E-state index in [1.807, 2.05) is 0 Å². The minimum absolute atomic E-state index is 0.0979. The standard InChI is InChI=1S/C19H34O4/c1-18(20)23-17-15-13-11-9-7-5-3-4-6-8-10-12-14-16-19(21)22-2/h3,5H,4,6-17H2,1-2H3. The van der Waals surface area contributed by atoms with Crippen LogP contribution in [0.1, 0.15) is 84.0 Å². The fraction of sp³-hybridized carbons (Fsp3) is 0.789. The summed E-state index contributed by atoms with van der Waals surface area (Å²) in [5.41, 5.74) is 0. The molecule has 0 aromatic rings. The van der Waals surface area contributed by atoms with Crippen LogP contribution in [0.15, 0.2) is 12.2 Å². The molecule has 0 saturated heterocycles. The molecule has 23 heavy (non-hydrogen) atoms. The van der Waals surface area contributed by atoms with Crippen molar-refractivity contribution in [3.8, 4) is 0 Å². The van der Waals surface area contributed by atoms with Gasteiger partial charge in [0.05, 0.1) is 13.7 Å². The van der Waals surface area contributed by atoms with Gasteiger partial charge in [0.2, 0.25) is 0 Å². The quantitative estimate of drug-likeness (QED) is 0.242. The highest BCUT2D eigenvalue weighted by molar-refractivity contribution is 5.68. The Hall–Kier alpha value is -1.32. The van der Waals surface area contributed by atoms with Crippen molar-refractivity contribution in [3.63, 3.8) is 0 Å². The fourth-order valence-corrected chi connectivity index (χ4v) is 2.33. The molecule has 0 rings (SSSR count). The topological polar surface area (TPSA) is 52.6 Å². The second kappa shape index (κ2) is 17.0. The molecule has 0 atom stereocenters. The van der Waals surface area contributed by atoms with E-state index in [4.69, 9.17) is 4.74 Å². The number of allylic oxidation sites excluding steroid dienone is 2. The Bertz CT molecular complexity index is 323. The number of unbranched alkanes of at least 4 members (excludes halogenated alkanes) is 9. The Morgan fingerprint density at radius 2 is 1.30 bits per heavy atom. The first-order valence-corrected chi connectivity index (χ1v) is 9.02. The Morgan fingerprint density at radius 3 is 1.87 bits per heavy atom. The first kappa shape index (κ1) is 21.7. The molecule has 0 N–H and O–H groups in total. The zero-order chi connectivity index (χ0) is 17.2. The normalized spacial score (nSPS) is 10.9. The third-order valence-corrected chi connectivity index (χ3v) is 3.72. The molecule has 0 saturated carbocycles. The summed E-state index contributed by atoms with van der Waals surface area (Å²) in [6, 6.07) is 0. The maximum atomic E-state index is 10.9. The summed E-state index contributed by atoms with van der Waals surface area (Å²) in [4.78, 5) is 21.5. The summed E-state index contributed by atoms with van der Waals surface area (Å²) in [6.45, 7) is 2.01. The molecule has 4 heteroatoms. The molecule has 0 aliphatic carbocycles. The highest BCUT2D eigenvalue weighted by Crippen LogP contribution is 2.09. The second-order valence-corrected chi connectivity index (χ2v) is 5.90. The molecule has 0 aliphatic rings. The van der Waals surface area contributed by atoms with Crippen molar-refractivity contribution in [3.05, 3.63) is 12.2 Å². The van der Waals surface area contributed by atoms with Crippen LogP contribution in [0.25, 0.3) is 0 Å². The number of carbonyl (C=O) groups excluding carboxylic acids is 2. The molecule has 0 heterocycles. The van der Waals surface area contributed by atoms with Gasteiger partial charge in [0.15, 0.2) is 0 Å².